The topological polar surface area (TPSA) is 68.3 Å². The first-order valence-corrected chi connectivity index (χ1v) is 6.31. The maximum Gasteiger partial charge on any atom is 0.220 e. The zero-order valence-electron chi connectivity index (χ0n) is 10.0. The monoisotopic (exact) mass is 236 g/mol. The van der Waals surface area contributed by atoms with Crippen molar-refractivity contribution in [1.82, 2.24) is 5.32 Å². The van der Waals surface area contributed by atoms with Crippen LogP contribution in [0.5, 0.6) is 0 Å². The molecule has 1 amide bonds. The van der Waals surface area contributed by atoms with E-state index in [0.29, 0.717) is 25.3 Å². The molecule has 1 aromatic heterocycles. The van der Waals surface area contributed by atoms with E-state index < -0.39 is 0 Å². The Kier molecular flexibility index (Phi) is 4.20. The molecule has 3 N–H and O–H groups in total. The lowest BCUT2D eigenvalue weighted by Gasteiger charge is -2.19. The van der Waals surface area contributed by atoms with Gasteiger partial charge in [-0.2, -0.15) is 0 Å². The highest BCUT2D eigenvalue weighted by Crippen LogP contribution is 2.24. The molecule has 2 rings (SSSR count). The number of aryl methyl sites for hydroxylation is 1. The zero-order valence-corrected chi connectivity index (χ0v) is 10.0. The van der Waals surface area contributed by atoms with Crippen molar-refractivity contribution >= 4 is 5.91 Å². The molecule has 2 unspecified atom stereocenters. The molecule has 0 saturated heterocycles. The van der Waals surface area contributed by atoms with Gasteiger partial charge in [0.25, 0.3) is 0 Å². The second-order valence-electron chi connectivity index (χ2n) is 4.68. The average Bonchev–Trinajstić information content (AvgIpc) is 2.97. The molecule has 1 aliphatic rings. The molecule has 17 heavy (non-hydrogen) atoms. The minimum absolute atomic E-state index is 0.103. The van der Waals surface area contributed by atoms with E-state index in [1.54, 1.807) is 6.26 Å². The van der Waals surface area contributed by atoms with E-state index in [2.05, 4.69) is 5.32 Å². The van der Waals surface area contributed by atoms with Gasteiger partial charge in [-0.25, -0.2) is 0 Å². The second kappa shape index (κ2) is 5.87. The third kappa shape index (κ3) is 3.33. The molecule has 1 heterocycles. The first kappa shape index (κ1) is 12.2. The van der Waals surface area contributed by atoms with E-state index in [9.17, 15) is 4.79 Å². The van der Waals surface area contributed by atoms with Crippen molar-refractivity contribution in [3.8, 4) is 0 Å². The lowest BCUT2D eigenvalue weighted by Crippen LogP contribution is -2.39. The second-order valence-corrected chi connectivity index (χ2v) is 4.68. The molecule has 0 aromatic carbocycles. The summed E-state index contributed by atoms with van der Waals surface area (Å²) < 4.78 is 5.20. The molecule has 0 radical (unpaired) electrons. The van der Waals surface area contributed by atoms with Gasteiger partial charge in [0.1, 0.15) is 5.76 Å². The maximum absolute atomic E-state index is 11.8. The Morgan fingerprint density at radius 1 is 1.53 bits per heavy atom. The fraction of sp³-hybridized carbons (Fsp3) is 0.615. The predicted octanol–water partition coefficient (Wildman–Crippen LogP) is 1.46. The van der Waals surface area contributed by atoms with E-state index >= 15 is 0 Å². The Balaban J connectivity index is 1.73. The van der Waals surface area contributed by atoms with Gasteiger partial charge in [-0.1, -0.05) is 6.42 Å². The van der Waals surface area contributed by atoms with Gasteiger partial charge in [0.05, 0.1) is 6.26 Å². The number of amides is 1. The van der Waals surface area contributed by atoms with Crippen molar-refractivity contribution in [2.24, 2.45) is 11.7 Å². The molecule has 0 bridgehead atoms. The molecule has 1 aliphatic carbocycles. The summed E-state index contributed by atoms with van der Waals surface area (Å²) in [5, 5.41) is 3.08. The Bertz CT molecular complexity index is 348. The summed E-state index contributed by atoms with van der Waals surface area (Å²) in [6.07, 6.45) is 6.16. The maximum atomic E-state index is 11.8. The highest BCUT2D eigenvalue weighted by Gasteiger charge is 2.27. The van der Waals surface area contributed by atoms with Crippen molar-refractivity contribution in [1.29, 1.82) is 0 Å². The summed E-state index contributed by atoms with van der Waals surface area (Å²) >= 11 is 0. The Labute approximate surface area is 102 Å². The summed E-state index contributed by atoms with van der Waals surface area (Å²) in [7, 11) is 0. The van der Waals surface area contributed by atoms with Crippen molar-refractivity contribution in [3.05, 3.63) is 24.2 Å². The lowest BCUT2D eigenvalue weighted by molar-refractivity contribution is -0.122. The van der Waals surface area contributed by atoms with E-state index in [0.717, 1.165) is 18.6 Å². The molecule has 1 fully saturated rings. The van der Waals surface area contributed by atoms with Gasteiger partial charge in [-0.05, 0) is 37.4 Å². The lowest BCUT2D eigenvalue weighted by atomic mass is 10.0. The van der Waals surface area contributed by atoms with E-state index in [1.807, 2.05) is 12.1 Å². The van der Waals surface area contributed by atoms with Crippen LogP contribution in [0.15, 0.2) is 22.8 Å². The molecular formula is C13H20N2O2. The van der Waals surface area contributed by atoms with Crippen molar-refractivity contribution < 1.29 is 9.21 Å². The van der Waals surface area contributed by atoms with Crippen LogP contribution in [0.2, 0.25) is 0 Å². The molecule has 0 aliphatic heterocycles. The van der Waals surface area contributed by atoms with Gasteiger partial charge in [0, 0.05) is 18.9 Å². The SMILES string of the molecule is NCC1CCCC1NC(=O)CCc1ccco1. The van der Waals surface area contributed by atoms with Crippen LogP contribution in [0.3, 0.4) is 0 Å². The number of carbonyl (C=O) groups excluding carboxylic acids is 1. The minimum atomic E-state index is 0.103. The largest absolute Gasteiger partial charge is 0.469 e. The Morgan fingerprint density at radius 2 is 2.41 bits per heavy atom. The van der Waals surface area contributed by atoms with Gasteiger partial charge in [0.2, 0.25) is 5.91 Å². The predicted molar refractivity (Wildman–Crippen MR) is 65.4 cm³/mol. The van der Waals surface area contributed by atoms with Crippen LogP contribution in [0.4, 0.5) is 0 Å². The molecule has 0 spiro atoms. The van der Waals surface area contributed by atoms with Crippen LogP contribution in [0, 0.1) is 5.92 Å². The smallest absolute Gasteiger partial charge is 0.220 e. The van der Waals surface area contributed by atoms with E-state index in [1.165, 1.54) is 6.42 Å². The van der Waals surface area contributed by atoms with Crippen LogP contribution in [-0.4, -0.2) is 18.5 Å². The molecule has 4 nitrogen and oxygen atoms in total. The van der Waals surface area contributed by atoms with Gasteiger partial charge in [-0.15, -0.1) is 0 Å². The van der Waals surface area contributed by atoms with Crippen LogP contribution in [-0.2, 0) is 11.2 Å². The van der Waals surface area contributed by atoms with Crippen molar-refractivity contribution in [3.63, 3.8) is 0 Å². The normalized spacial score (nSPS) is 23.8. The van der Waals surface area contributed by atoms with Crippen LogP contribution >= 0.6 is 0 Å². The zero-order chi connectivity index (χ0) is 12.1. The number of furan rings is 1. The molecular weight excluding hydrogens is 216 g/mol. The van der Waals surface area contributed by atoms with Crippen LogP contribution in [0.25, 0.3) is 0 Å². The van der Waals surface area contributed by atoms with E-state index in [4.69, 9.17) is 10.2 Å². The standard InChI is InChI=1S/C13H20N2O2/c14-9-10-3-1-5-12(10)15-13(16)7-6-11-4-2-8-17-11/h2,4,8,10,12H,1,3,5-7,9,14H2,(H,15,16). The average molecular weight is 236 g/mol. The fourth-order valence-corrected chi connectivity index (χ4v) is 2.48. The van der Waals surface area contributed by atoms with E-state index in [-0.39, 0.29) is 11.9 Å². The minimum Gasteiger partial charge on any atom is -0.469 e. The first-order valence-electron chi connectivity index (χ1n) is 6.31. The van der Waals surface area contributed by atoms with Crippen molar-refractivity contribution in [2.75, 3.05) is 6.54 Å². The van der Waals surface area contributed by atoms with Crippen LogP contribution < -0.4 is 11.1 Å². The summed E-state index contributed by atoms with van der Waals surface area (Å²) in [4.78, 5) is 11.8. The molecule has 4 heteroatoms. The third-order valence-corrected chi connectivity index (χ3v) is 3.49. The summed E-state index contributed by atoms with van der Waals surface area (Å²) in [6.45, 7) is 0.670. The number of hydrogen-bond acceptors (Lipinski definition) is 3. The first-order chi connectivity index (χ1) is 8.29. The van der Waals surface area contributed by atoms with Gasteiger partial charge in [0.15, 0.2) is 0 Å². The molecule has 94 valence electrons. The molecule has 1 saturated carbocycles. The highest BCUT2D eigenvalue weighted by molar-refractivity contribution is 5.76. The number of hydrogen-bond donors (Lipinski definition) is 2. The quantitative estimate of drug-likeness (QED) is 0.813. The summed E-state index contributed by atoms with van der Waals surface area (Å²) in [5.41, 5.74) is 5.68. The van der Waals surface area contributed by atoms with Gasteiger partial charge >= 0.3 is 0 Å². The van der Waals surface area contributed by atoms with Gasteiger partial charge in [-0.3, -0.25) is 4.79 Å². The van der Waals surface area contributed by atoms with Crippen molar-refractivity contribution in [2.45, 2.75) is 38.1 Å². The third-order valence-electron chi connectivity index (χ3n) is 3.49. The highest BCUT2D eigenvalue weighted by atomic mass is 16.3. The number of rotatable bonds is 5. The Morgan fingerprint density at radius 3 is 3.12 bits per heavy atom. The number of nitrogens with two attached hydrogens (primary N) is 1. The van der Waals surface area contributed by atoms with Crippen LogP contribution in [0.1, 0.15) is 31.4 Å². The molecule has 1 aromatic rings. The number of nitrogens with one attached hydrogen (secondary N) is 1. The fourth-order valence-electron chi connectivity index (χ4n) is 2.48. The Hall–Kier alpha value is -1.29. The number of carbonyl (C=O) groups is 1. The van der Waals surface area contributed by atoms with Gasteiger partial charge < -0.3 is 15.5 Å². The summed E-state index contributed by atoms with van der Waals surface area (Å²) in [6, 6.07) is 4.02. The molecule has 2 atom stereocenters. The summed E-state index contributed by atoms with van der Waals surface area (Å²) in [5.74, 6) is 1.43.